The Morgan fingerprint density at radius 1 is 1.43 bits per heavy atom. The number of thioether (sulfide) groups is 1. The molecule has 1 saturated heterocycles. The van der Waals surface area contributed by atoms with Gasteiger partial charge in [-0.05, 0) is 31.5 Å². The maximum Gasteiger partial charge on any atom is 0.246 e. The van der Waals surface area contributed by atoms with Gasteiger partial charge in [0.2, 0.25) is 10.0 Å². The van der Waals surface area contributed by atoms with Gasteiger partial charge in [-0.3, -0.25) is 0 Å². The van der Waals surface area contributed by atoms with Crippen molar-refractivity contribution in [2.75, 3.05) is 26.0 Å². The first-order valence-electron chi connectivity index (χ1n) is 6.67. The highest BCUT2D eigenvalue weighted by atomic mass is 35.5. The zero-order valence-electron chi connectivity index (χ0n) is 12.4. The summed E-state index contributed by atoms with van der Waals surface area (Å²) in [7, 11) is -2.10. The number of hydrogen-bond acceptors (Lipinski definition) is 4. The van der Waals surface area contributed by atoms with E-state index in [0.29, 0.717) is 18.8 Å². The second kappa shape index (κ2) is 6.36. The van der Waals surface area contributed by atoms with Crippen LogP contribution in [0.25, 0.3) is 0 Å². The number of alkyl halides is 1. The zero-order chi connectivity index (χ0) is 15.7. The lowest BCUT2D eigenvalue weighted by molar-refractivity contribution is 0.376. The molecule has 1 aromatic carbocycles. The Balaban J connectivity index is 2.43. The Morgan fingerprint density at radius 2 is 2.14 bits per heavy atom. The second-order valence-corrected chi connectivity index (χ2v) is 9.54. The first-order chi connectivity index (χ1) is 9.80. The first-order valence-corrected chi connectivity index (χ1v) is 9.63. The van der Waals surface area contributed by atoms with E-state index < -0.39 is 10.0 Å². The van der Waals surface area contributed by atoms with Gasteiger partial charge in [0.15, 0.2) is 0 Å². The van der Waals surface area contributed by atoms with Crippen LogP contribution in [0.4, 0.5) is 0 Å². The SMILES string of the molecule is COc1ccc(CCl)cc1S(=O)(=O)N1CCSC(C)(C)C1. The van der Waals surface area contributed by atoms with Crippen LogP contribution in [0.5, 0.6) is 5.75 Å². The number of sulfonamides is 1. The van der Waals surface area contributed by atoms with Gasteiger partial charge in [0.25, 0.3) is 0 Å². The summed E-state index contributed by atoms with van der Waals surface area (Å²) >= 11 is 7.62. The standard InChI is InChI=1S/C14H20ClNO3S2/c1-14(2)10-16(6-7-20-14)21(17,18)13-8-11(9-15)4-5-12(13)19-3/h4-5,8H,6-7,9-10H2,1-3H3. The molecule has 0 aromatic heterocycles. The second-order valence-electron chi connectivity index (χ2n) is 5.57. The summed E-state index contributed by atoms with van der Waals surface area (Å²) in [5.74, 6) is 1.43. The first kappa shape index (κ1) is 16.9. The number of halogens is 1. The lowest BCUT2D eigenvalue weighted by atomic mass is 10.2. The van der Waals surface area contributed by atoms with Crippen LogP contribution in [0.3, 0.4) is 0 Å². The Bertz CT molecular complexity index is 617. The molecular formula is C14H20ClNO3S2. The van der Waals surface area contributed by atoms with E-state index in [1.807, 2.05) is 0 Å². The van der Waals surface area contributed by atoms with Crippen molar-refractivity contribution in [1.29, 1.82) is 0 Å². The predicted octanol–water partition coefficient (Wildman–Crippen LogP) is 2.95. The Kier molecular flexibility index (Phi) is 5.13. The van der Waals surface area contributed by atoms with Crippen molar-refractivity contribution in [3.05, 3.63) is 23.8 Å². The lowest BCUT2D eigenvalue weighted by Gasteiger charge is -2.36. The normalized spacial score (nSPS) is 19.4. The topological polar surface area (TPSA) is 46.6 Å². The third-order valence-corrected chi connectivity index (χ3v) is 6.86. The molecule has 4 nitrogen and oxygen atoms in total. The largest absolute Gasteiger partial charge is 0.495 e. The van der Waals surface area contributed by atoms with E-state index in [1.165, 1.54) is 7.11 Å². The van der Waals surface area contributed by atoms with Gasteiger partial charge in [0, 0.05) is 29.5 Å². The van der Waals surface area contributed by atoms with Crippen LogP contribution in [0.15, 0.2) is 23.1 Å². The van der Waals surface area contributed by atoms with E-state index in [9.17, 15) is 8.42 Å². The number of benzene rings is 1. The van der Waals surface area contributed by atoms with E-state index in [2.05, 4.69) is 13.8 Å². The Labute approximate surface area is 135 Å². The predicted molar refractivity (Wildman–Crippen MR) is 87.8 cm³/mol. The molecule has 0 N–H and O–H groups in total. The fourth-order valence-electron chi connectivity index (χ4n) is 2.32. The van der Waals surface area contributed by atoms with Gasteiger partial charge in [0.1, 0.15) is 10.6 Å². The van der Waals surface area contributed by atoms with Crippen LogP contribution in [0.1, 0.15) is 19.4 Å². The number of ether oxygens (including phenoxy) is 1. The highest BCUT2D eigenvalue weighted by molar-refractivity contribution is 8.00. The Hall–Kier alpha value is -0.430. The molecule has 7 heteroatoms. The molecule has 2 rings (SSSR count). The number of hydrogen-bond donors (Lipinski definition) is 0. The summed E-state index contributed by atoms with van der Waals surface area (Å²) in [6, 6.07) is 5.05. The van der Waals surface area contributed by atoms with Crippen molar-refractivity contribution in [3.63, 3.8) is 0 Å². The summed E-state index contributed by atoms with van der Waals surface area (Å²) in [6.07, 6.45) is 0. The van der Waals surface area contributed by atoms with Gasteiger partial charge in [-0.1, -0.05) is 6.07 Å². The van der Waals surface area contributed by atoms with Crippen molar-refractivity contribution in [2.45, 2.75) is 29.4 Å². The van der Waals surface area contributed by atoms with E-state index in [-0.39, 0.29) is 15.5 Å². The minimum absolute atomic E-state index is 0.0807. The van der Waals surface area contributed by atoms with Gasteiger partial charge in [-0.2, -0.15) is 16.1 Å². The fraction of sp³-hybridized carbons (Fsp3) is 0.571. The number of methoxy groups -OCH3 is 1. The van der Waals surface area contributed by atoms with Gasteiger partial charge in [-0.25, -0.2) is 8.42 Å². The molecule has 0 bridgehead atoms. The molecule has 1 aliphatic heterocycles. The number of rotatable bonds is 4. The van der Waals surface area contributed by atoms with Crippen LogP contribution < -0.4 is 4.74 Å². The molecule has 0 aliphatic carbocycles. The molecule has 0 radical (unpaired) electrons. The van der Waals surface area contributed by atoms with E-state index in [0.717, 1.165) is 11.3 Å². The monoisotopic (exact) mass is 349 g/mol. The van der Waals surface area contributed by atoms with E-state index in [4.69, 9.17) is 16.3 Å². The third kappa shape index (κ3) is 3.67. The fourth-order valence-corrected chi connectivity index (χ4v) is 5.61. The van der Waals surface area contributed by atoms with Gasteiger partial charge >= 0.3 is 0 Å². The minimum Gasteiger partial charge on any atom is -0.495 e. The molecule has 1 aromatic rings. The zero-order valence-corrected chi connectivity index (χ0v) is 14.8. The lowest BCUT2D eigenvalue weighted by Crippen LogP contribution is -2.46. The molecule has 1 heterocycles. The molecule has 21 heavy (non-hydrogen) atoms. The maximum absolute atomic E-state index is 12.9. The van der Waals surface area contributed by atoms with Crippen LogP contribution in [0.2, 0.25) is 0 Å². The highest BCUT2D eigenvalue weighted by Crippen LogP contribution is 2.35. The van der Waals surface area contributed by atoms with E-state index >= 15 is 0 Å². The van der Waals surface area contributed by atoms with E-state index in [1.54, 1.807) is 34.3 Å². The summed E-state index contributed by atoms with van der Waals surface area (Å²) in [5.41, 5.74) is 0.765. The van der Waals surface area contributed by atoms with Crippen LogP contribution >= 0.6 is 23.4 Å². The highest BCUT2D eigenvalue weighted by Gasteiger charge is 2.36. The average Bonchev–Trinajstić information content (AvgIpc) is 2.45. The van der Waals surface area contributed by atoms with Crippen molar-refractivity contribution in [2.24, 2.45) is 0 Å². The van der Waals surface area contributed by atoms with Crippen molar-refractivity contribution < 1.29 is 13.2 Å². The molecule has 118 valence electrons. The maximum atomic E-state index is 12.9. The van der Waals surface area contributed by atoms with Gasteiger partial charge in [-0.15, -0.1) is 11.6 Å². The molecule has 0 unspecified atom stereocenters. The summed E-state index contributed by atoms with van der Waals surface area (Å²) in [6.45, 7) is 5.14. The summed E-state index contributed by atoms with van der Waals surface area (Å²) < 4.78 is 32.5. The average molecular weight is 350 g/mol. The van der Waals surface area contributed by atoms with Crippen molar-refractivity contribution in [1.82, 2.24) is 4.31 Å². The smallest absolute Gasteiger partial charge is 0.246 e. The Morgan fingerprint density at radius 3 is 2.71 bits per heavy atom. The van der Waals surface area contributed by atoms with Crippen molar-refractivity contribution in [3.8, 4) is 5.75 Å². The molecule has 0 amide bonds. The van der Waals surface area contributed by atoms with Gasteiger partial charge in [0.05, 0.1) is 7.11 Å². The number of nitrogens with zero attached hydrogens (tertiary/aromatic N) is 1. The quantitative estimate of drug-likeness (QED) is 0.784. The van der Waals surface area contributed by atoms with Crippen LogP contribution in [-0.2, 0) is 15.9 Å². The molecular weight excluding hydrogens is 330 g/mol. The summed E-state index contributed by atoms with van der Waals surface area (Å²) in [4.78, 5) is 0.200. The molecule has 1 fully saturated rings. The third-order valence-electron chi connectivity index (χ3n) is 3.39. The van der Waals surface area contributed by atoms with Crippen LogP contribution in [0, 0.1) is 0 Å². The van der Waals surface area contributed by atoms with Gasteiger partial charge < -0.3 is 4.74 Å². The molecule has 0 saturated carbocycles. The molecule has 1 aliphatic rings. The molecule has 0 atom stereocenters. The molecule has 0 spiro atoms. The van der Waals surface area contributed by atoms with Crippen LogP contribution in [-0.4, -0.2) is 43.4 Å². The minimum atomic E-state index is -3.57. The van der Waals surface area contributed by atoms with Crippen molar-refractivity contribution >= 4 is 33.4 Å². The summed E-state index contributed by atoms with van der Waals surface area (Å²) in [5, 5.41) is 0.